The van der Waals surface area contributed by atoms with Crippen LogP contribution in [0.25, 0.3) is 0 Å². The van der Waals surface area contributed by atoms with Crippen molar-refractivity contribution < 1.29 is 0 Å². The highest BCUT2D eigenvalue weighted by atomic mass is 14.9. The van der Waals surface area contributed by atoms with Gasteiger partial charge in [-0.15, -0.1) is 0 Å². The first kappa shape index (κ1) is 13.1. The predicted molar refractivity (Wildman–Crippen MR) is 68.7 cm³/mol. The number of rotatable bonds is 3. The lowest BCUT2D eigenvalue weighted by Crippen LogP contribution is -2.23. The minimum absolute atomic E-state index is 0.0261. The zero-order valence-electron chi connectivity index (χ0n) is 11.5. The topological polar surface area (TPSA) is 25.8 Å². The summed E-state index contributed by atoms with van der Waals surface area (Å²) in [7, 11) is 0. The van der Waals surface area contributed by atoms with Gasteiger partial charge in [0.15, 0.2) is 0 Å². The Morgan fingerprint density at radius 3 is 2.25 bits per heavy atom. The summed E-state index contributed by atoms with van der Waals surface area (Å²) in [5.41, 5.74) is 1.34. The Bertz CT molecular complexity index is 348. The third-order valence-electron chi connectivity index (χ3n) is 2.89. The Kier molecular flexibility index (Phi) is 3.72. The molecular weight excluding hydrogens is 196 g/mol. The van der Waals surface area contributed by atoms with E-state index in [1.54, 1.807) is 0 Å². The van der Waals surface area contributed by atoms with E-state index >= 15 is 0 Å². The van der Waals surface area contributed by atoms with E-state index in [0.717, 1.165) is 17.9 Å². The Morgan fingerprint density at radius 2 is 1.75 bits per heavy atom. The quantitative estimate of drug-likeness (QED) is 0.773. The molecule has 0 atom stereocenters. The molecule has 0 amide bonds. The maximum Gasteiger partial charge on any atom is 0.133 e. The van der Waals surface area contributed by atoms with Crippen LogP contribution < -0.4 is 0 Å². The van der Waals surface area contributed by atoms with Gasteiger partial charge in [-0.1, -0.05) is 48.0 Å². The summed E-state index contributed by atoms with van der Waals surface area (Å²) in [6.07, 6.45) is 4.23. The van der Waals surface area contributed by atoms with Crippen LogP contribution in [0.5, 0.6) is 0 Å². The highest BCUT2D eigenvalue weighted by Gasteiger charge is 2.24. The Hall–Kier alpha value is -0.920. The second kappa shape index (κ2) is 4.52. The number of hydrogen-bond acceptors (Lipinski definition) is 2. The van der Waals surface area contributed by atoms with E-state index in [4.69, 9.17) is 4.98 Å². The lowest BCUT2D eigenvalue weighted by atomic mass is 9.84. The average Bonchev–Trinajstić information content (AvgIpc) is 2.16. The van der Waals surface area contributed by atoms with Crippen molar-refractivity contribution in [3.05, 3.63) is 23.8 Å². The van der Waals surface area contributed by atoms with E-state index in [1.165, 1.54) is 6.42 Å². The van der Waals surface area contributed by atoms with Gasteiger partial charge in [-0.2, -0.15) is 0 Å². The van der Waals surface area contributed by atoms with Crippen LogP contribution in [-0.4, -0.2) is 9.97 Å². The number of nitrogens with zero attached hydrogens (tertiary/aromatic N) is 2. The van der Waals surface area contributed by atoms with E-state index in [1.807, 2.05) is 12.3 Å². The van der Waals surface area contributed by atoms with E-state index in [0.29, 0.717) is 0 Å². The van der Waals surface area contributed by atoms with Crippen LogP contribution in [-0.2, 0) is 10.8 Å². The summed E-state index contributed by atoms with van der Waals surface area (Å²) < 4.78 is 0. The summed E-state index contributed by atoms with van der Waals surface area (Å²) in [5, 5.41) is 0. The maximum absolute atomic E-state index is 4.72. The van der Waals surface area contributed by atoms with Crippen LogP contribution in [0.4, 0.5) is 0 Å². The van der Waals surface area contributed by atoms with Crippen molar-refractivity contribution in [1.29, 1.82) is 0 Å². The van der Waals surface area contributed by atoms with Gasteiger partial charge in [-0.25, -0.2) is 9.97 Å². The normalized spacial score (nSPS) is 12.9. The lowest BCUT2D eigenvalue weighted by molar-refractivity contribution is 0.447. The summed E-state index contributed by atoms with van der Waals surface area (Å²) in [6, 6.07) is 2.05. The molecule has 0 aliphatic rings. The van der Waals surface area contributed by atoms with Crippen LogP contribution in [0.1, 0.15) is 65.9 Å². The third kappa shape index (κ3) is 3.03. The van der Waals surface area contributed by atoms with Crippen LogP contribution >= 0.6 is 0 Å². The molecular formula is C14H24N2. The molecule has 0 aliphatic carbocycles. The van der Waals surface area contributed by atoms with E-state index in [9.17, 15) is 0 Å². The molecule has 16 heavy (non-hydrogen) atoms. The lowest BCUT2D eigenvalue weighted by Gasteiger charge is -2.25. The van der Waals surface area contributed by atoms with Gasteiger partial charge in [0, 0.05) is 22.7 Å². The van der Waals surface area contributed by atoms with Crippen LogP contribution in [0.2, 0.25) is 0 Å². The van der Waals surface area contributed by atoms with Crippen molar-refractivity contribution in [2.24, 2.45) is 0 Å². The Balaban J connectivity index is 3.08. The standard InChI is InChI=1S/C14H24N2/c1-7-9-14(5,6)11-8-10-15-12(16-11)13(2,3)4/h8,10H,7,9H2,1-6H3. The molecule has 0 fully saturated rings. The summed E-state index contributed by atoms with van der Waals surface area (Å²) >= 11 is 0. The molecule has 0 saturated heterocycles. The van der Waals surface area contributed by atoms with Gasteiger partial charge >= 0.3 is 0 Å². The molecule has 0 aromatic carbocycles. The molecule has 0 spiro atoms. The molecule has 0 aliphatic heterocycles. The third-order valence-corrected chi connectivity index (χ3v) is 2.89. The highest BCUT2D eigenvalue weighted by Crippen LogP contribution is 2.28. The molecule has 2 nitrogen and oxygen atoms in total. The van der Waals surface area contributed by atoms with Crippen molar-refractivity contribution in [3.8, 4) is 0 Å². The highest BCUT2D eigenvalue weighted by molar-refractivity contribution is 5.16. The van der Waals surface area contributed by atoms with E-state index in [2.05, 4.69) is 46.5 Å². The molecule has 1 aromatic heterocycles. The molecule has 1 heterocycles. The summed E-state index contributed by atoms with van der Waals surface area (Å²) in [4.78, 5) is 9.10. The van der Waals surface area contributed by atoms with E-state index in [-0.39, 0.29) is 10.8 Å². The fourth-order valence-electron chi connectivity index (χ4n) is 1.85. The van der Waals surface area contributed by atoms with Gasteiger partial charge in [0.05, 0.1) is 0 Å². The molecule has 2 heteroatoms. The minimum Gasteiger partial charge on any atom is -0.241 e. The Labute approximate surface area is 99.5 Å². The van der Waals surface area contributed by atoms with E-state index < -0.39 is 0 Å². The largest absolute Gasteiger partial charge is 0.241 e. The summed E-state index contributed by atoms with van der Waals surface area (Å²) in [6.45, 7) is 13.2. The van der Waals surface area contributed by atoms with Gasteiger partial charge in [-0.3, -0.25) is 0 Å². The first-order valence-corrected chi connectivity index (χ1v) is 6.11. The number of aromatic nitrogens is 2. The molecule has 0 unspecified atom stereocenters. The second-order valence-corrected chi connectivity index (χ2v) is 6.15. The van der Waals surface area contributed by atoms with Crippen molar-refractivity contribution in [1.82, 2.24) is 9.97 Å². The van der Waals surface area contributed by atoms with Gasteiger partial charge in [0.2, 0.25) is 0 Å². The van der Waals surface area contributed by atoms with Crippen LogP contribution in [0.3, 0.4) is 0 Å². The van der Waals surface area contributed by atoms with Crippen molar-refractivity contribution in [3.63, 3.8) is 0 Å². The van der Waals surface area contributed by atoms with Crippen LogP contribution in [0, 0.1) is 0 Å². The molecule has 1 aromatic rings. The van der Waals surface area contributed by atoms with Gasteiger partial charge in [0.1, 0.15) is 5.82 Å². The molecule has 0 N–H and O–H groups in total. The second-order valence-electron chi connectivity index (χ2n) is 6.15. The first-order valence-electron chi connectivity index (χ1n) is 6.11. The van der Waals surface area contributed by atoms with Crippen molar-refractivity contribution >= 4 is 0 Å². The zero-order valence-corrected chi connectivity index (χ0v) is 11.5. The molecule has 90 valence electrons. The van der Waals surface area contributed by atoms with Crippen LogP contribution in [0.15, 0.2) is 12.3 Å². The average molecular weight is 220 g/mol. The molecule has 0 bridgehead atoms. The molecule has 0 radical (unpaired) electrons. The SMILES string of the molecule is CCCC(C)(C)c1ccnc(C(C)(C)C)n1. The molecule has 0 saturated carbocycles. The maximum atomic E-state index is 4.72. The predicted octanol–water partition coefficient (Wildman–Crippen LogP) is 3.85. The fourth-order valence-corrected chi connectivity index (χ4v) is 1.85. The minimum atomic E-state index is 0.0261. The zero-order chi connectivity index (χ0) is 12.4. The van der Waals surface area contributed by atoms with Crippen molar-refractivity contribution in [2.75, 3.05) is 0 Å². The Morgan fingerprint density at radius 1 is 1.12 bits per heavy atom. The van der Waals surface area contributed by atoms with Gasteiger partial charge in [0.25, 0.3) is 0 Å². The first-order chi connectivity index (χ1) is 7.27. The van der Waals surface area contributed by atoms with Gasteiger partial charge in [-0.05, 0) is 12.5 Å². The summed E-state index contributed by atoms with van der Waals surface area (Å²) in [5.74, 6) is 0.939. The monoisotopic (exact) mass is 220 g/mol. The van der Waals surface area contributed by atoms with Crippen molar-refractivity contribution in [2.45, 2.75) is 65.2 Å². The smallest absolute Gasteiger partial charge is 0.133 e. The van der Waals surface area contributed by atoms with Gasteiger partial charge < -0.3 is 0 Å². The fraction of sp³-hybridized carbons (Fsp3) is 0.714. The molecule has 1 rings (SSSR count). The number of hydrogen-bond donors (Lipinski definition) is 0.